The summed E-state index contributed by atoms with van der Waals surface area (Å²) in [5, 5.41) is 8.12. The molecule has 0 unspecified atom stereocenters. The summed E-state index contributed by atoms with van der Waals surface area (Å²) in [6.45, 7) is 17.3. The summed E-state index contributed by atoms with van der Waals surface area (Å²) in [5.74, 6) is 2.70. The van der Waals surface area contributed by atoms with Crippen LogP contribution < -0.4 is 10.7 Å². The first-order valence-corrected chi connectivity index (χ1v) is 24.2. The number of rotatable bonds is 9. The van der Waals surface area contributed by atoms with E-state index in [0.717, 1.165) is 64.1 Å². The Morgan fingerprint density at radius 1 is 1.20 bits per heavy atom. The van der Waals surface area contributed by atoms with Crippen molar-refractivity contribution in [2.24, 2.45) is 28.2 Å². The maximum atomic E-state index is 14.6. The summed E-state index contributed by atoms with van der Waals surface area (Å²) < 4.78 is 8.20. The van der Waals surface area contributed by atoms with Gasteiger partial charge in [0, 0.05) is 92.2 Å². The molecule has 16 nitrogen and oxygen atoms in total. The minimum Gasteiger partial charge on any atom is -0.375 e. The lowest BCUT2D eigenvalue weighted by Gasteiger charge is -2.35. The third-order valence-corrected chi connectivity index (χ3v) is 14.3. The number of allylic oxidation sites excluding steroid dienone is 1. The Kier molecular flexibility index (Phi) is 14.8. The van der Waals surface area contributed by atoms with Gasteiger partial charge in [0.2, 0.25) is 16.7 Å². The molecule has 0 radical (unpaired) electrons. The SMILES string of the molecule is CC#CC(=O)N1C[C@H](C)[C@H](C(=O)N(C)[C@H](C(=O)N[C@H]2Cc3nc(cs3)-c3ccc4c(c3)c(c(C3=C([C@H](C)OC)N=CCC3)n4CC)CC(C)(C)CO[N+](=O)[C@@H]3CCCN(N3)C2=O)C(C)C)C1. The Morgan fingerprint density at radius 2 is 1.97 bits per heavy atom. The molecule has 0 spiro atoms. The van der Waals surface area contributed by atoms with E-state index < -0.39 is 41.4 Å². The molecule has 6 heterocycles. The topological polar surface area (TPSA) is 171 Å². The van der Waals surface area contributed by atoms with Gasteiger partial charge in [0.05, 0.1) is 39.0 Å². The molecule has 0 aliphatic carbocycles. The summed E-state index contributed by atoms with van der Waals surface area (Å²) in [4.78, 5) is 89.3. The van der Waals surface area contributed by atoms with Crippen molar-refractivity contribution < 1.29 is 33.7 Å². The van der Waals surface area contributed by atoms with Gasteiger partial charge in [-0.15, -0.1) is 11.3 Å². The number of aryl methyl sites for hydroxylation is 1. The third kappa shape index (κ3) is 9.96. The Balaban J connectivity index is 1.26. The molecular weight excluding hydrogens is 859 g/mol. The number of hydrogen-bond acceptors (Lipinski definition) is 11. The zero-order valence-corrected chi connectivity index (χ0v) is 40.9. The van der Waals surface area contributed by atoms with Crippen molar-refractivity contribution in [2.75, 3.05) is 40.4 Å². The van der Waals surface area contributed by atoms with Crippen LogP contribution in [-0.4, -0.2) is 124 Å². The summed E-state index contributed by atoms with van der Waals surface area (Å²) in [7, 11) is 3.31. The number of nitrogens with zero attached hydrogens (tertiary/aromatic N) is 7. The molecule has 3 aromatic rings. The molecule has 7 rings (SSSR count). The molecule has 2 saturated heterocycles. The van der Waals surface area contributed by atoms with Crippen molar-refractivity contribution in [1.29, 1.82) is 0 Å². The number of fused-ring (bicyclic) bond motifs is 6. The van der Waals surface area contributed by atoms with Crippen LogP contribution in [0.1, 0.15) is 97.3 Å². The fraction of sp³-hybridized carbons (Fsp3) is 0.592. The Bertz CT molecular complexity index is 2490. The van der Waals surface area contributed by atoms with Crippen LogP contribution in [0.3, 0.4) is 0 Å². The molecule has 1 aromatic carbocycles. The van der Waals surface area contributed by atoms with Gasteiger partial charge in [0.15, 0.2) is 6.61 Å². The molecule has 66 heavy (non-hydrogen) atoms. The lowest BCUT2D eigenvalue weighted by atomic mass is 9.83. The number of thiazole rings is 1. The number of likely N-dealkylation sites (tertiary alicyclic amines) is 1. The first kappa shape index (κ1) is 48.5. The van der Waals surface area contributed by atoms with Gasteiger partial charge in [-0.25, -0.2) is 9.82 Å². The van der Waals surface area contributed by atoms with Gasteiger partial charge < -0.3 is 24.4 Å². The molecule has 4 aliphatic heterocycles. The van der Waals surface area contributed by atoms with Crippen molar-refractivity contribution in [2.45, 2.75) is 125 Å². The summed E-state index contributed by atoms with van der Waals surface area (Å²) in [6, 6.07) is 4.38. The summed E-state index contributed by atoms with van der Waals surface area (Å²) in [6.07, 6.45) is 4.13. The highest BCUT2D eigenvalue weighted by molar-refractivity contribution is 7.10. The van der Waals surface area contributed by atoms with Crippen LogP contribution in [0.2, 0.25) is 0 Å². The fourth-order valence-electron chi connectivity index (χ4n) is 9.97. The van der Waals surface area contributed by atoms with Crippen LogP contribution in [0.25, 0.3) is 27.7 Å². The lowest BCUT2D eigenvalue weighted by Crippen LogP contribution is -2.62. The van der Waals surface area contributed by atoms with Gasteiger partial charge in [-0.05, 0) is 81.9 Å². The van der Waals surface area contributed by atoms with E-state index in [-0.39, 0.29) is 49.3 Å². The molecule has 4 amide bonds. The second-order valence-electron chi connectivity index (χ2n) is 19.3. The van der Waals surface area contributed by atoms with Crippen LogP contribution in [0, 0.1) is 39.9 Å². The van der Waals surface area contributed by atoms with E-state index in [2.05, 4.69) is 66.1 Å². The van der Waals surface area contributed by atoms with Gasteiger partial charge in [0.25, 0.3) is 11.8 Å². The maximum Gasteiger partial charge on any atom is 0.326 e. The molecule has 2 N–H and O–H groups in total. The van der Waals surface area contributed by atoms with Crippen LogP contribution in [0.4, 0.5) is 0 Å². The van der Waals surface area contributed by atoms with Crippen LogP contribution in [0.5, 0.6) is 0 Å². The van der Waals surface area contributed by atoms with Crippen LogP contribution in [-0.2, 0) is 48.1 Å². The largest absolute Gasteiger partial charge is 0.375 e. The molecule has 354 valence electrons. The fourth-order valence-corrected chi connectivity index (χ4v) is 10.8. The number of hydrogen-bond donors (Lipinski definition) is 2. The highest BCUT2D eigenvalue weighted by atomic mass is 32.1. The van der Waals surface area contributed by atoms with E-state index in [0.29, 0.717) is 42.3 Å². The molecule has 17 heteroatoms. The predicted molar refractivity (Wildman–Crippen MR) is 254 cm³/mol. The monoisotopic (exact) mass is 924 g/mol. The zero-order chi connectivity index (χ0) is 47.6. The van der Waals surface area contributed by atoms with Gasteiger partial charge in [-0.1, -0.05) is 46.6 Å². The van der Waals surface area contributed by atoms with E-state index in [9.17, 15) is 24.1 Å². The minimum atomic E-state index is -1.09. The lowest BCUT2D eigenvalue weighted by molar-refractivity contribution is -0.835. The Morgan fingerprint density at radius 3 is 2.68 bits per heavy atom. The molecule has 2 fully saturated rings. The quantitative estimate of drug-likeness (QED) is 0.253. The van der Waals surface area contributed by atoms with Crippen molar-refractivity contribution in [1.82, 2.24) is 35.1 Å². The molecule has 4 aliphatic rings. The summed E-state index contributed by atoms with van der Waals surface area (Å²) in [5.41, 5.74) is 9.65. The number of benzene rings is 1. The average molecular weight is 925 g/mol. The van der Waals surface area contributed by atoms with Gasteiger partial charge >= 0.3 is 6.17 Å². The van der Waals surface area contributed by atoms with Crippen molar-refractivity contribution >= 4 is 57.7 Å². The number of methoxy groups -OCH3 is 1. The standard InChI is InChI=1S/C49H65N9O7S/c1-11-15-42(59)55-25-30(5)36(26-55)47(61)54(9)44(29(3)4)46(60)52-37-23-41-51-38(27-66-41)32-18-19-39-34(22-32)35(45(56(39)12-2)33-16-13-20-50-43(33)31(6)64-10)24-49(7,8)28-65-58(63)40-17-14-21-57(53-40)48(37)62/h18-20,22,27,29-31,36-37,40,44,53H,12-14,16-17,21,23-26,28H2,1-10H3/p+1/t30-,31-,36+,37-,40+,44-/m0/s1. The molecule has 6 atom stereocenters. The molecule has 2 aromatic heterocycles. The van der Waals surface area contributed by atoms with Gasteiger partial charge in [-0.2, -0.15) is 5.43 Å². The summed E-state index contributed by atoms with van der Waals surface area (Å²) >= 11 is 1.41. The normalized spacial score (nSPS) is 23.3. The third-order valence-electron chi connectivity index (χ3n) is 13.4. The number of carbonyl (C=O) groups is 4. The van der Waals surface area contributed by atoms with E-state index in [1.165, 1.54) is 21.2 Å². The number of carbonyl (C=O) groups excluding carboxylic acids is 4. The molecular formula is C49H66N9O7S+. The number of likely N-dealkylation sites (N-methyl/N-ethyl adjacent to an activating group) is 1. The Labute approximate surface area is 392 Å². The van der Waals surface area contributed by atoms with Crippen LogP contribution in [0.15, 0.2) is 34.3 Å². The first-order valence-electron chi connectivity index (χ1n) is 23.3. The van der Waals surface area contributed by atoms with E-state index >= 15 is 0 Å². The van der Waals surface area contributed by atoms with Crippen molar-refractivity contribution in [3.05, 3.63) is 50.4 Å². The first-order chi connectivity index (χ1) is 31.5. The number of ether oxygens (including phenoxy) is 1. The second kappa shape index (κ2) is 20.2. The predicted octanol–water partition coefficient (Wildman–Crippen LogP) is 5.77. The highest BCUT2D eigenvalue weighted by Crippen LogP contribution is 2.42. The molecule has 6 bridgehead atoms. The van der Waals surface area contributed by atoms with Crippen molar-refractivity contribution in [3.63, 3.8) is 0 Å². The zero-order valence-electron chi connectivity index (χ0n) is 40.1. The second-order valence-corrected chi connectivity index (χ2v) is 20.2. The van der Waals surface area contributed by atoms with Crippen LogP contribution >= 0.6 is 11.3 Å². The molecule has 0 saturated carbocycles. The average Bonchev–Trinajstić information content (AvgIpc) is 4.02. The highest BCUT2D eigenvalue weighted by Gasteiger charge is 2.44. The number of hydrazine groups is 1. The number of amides is 4. The minimum absolute atomic E-state index is 0.0700. The van der Waals surface area contributed by atoms with E-state index in [4.69, 9.17) is 19.6 Å². The number of aromatic nitrogens is 2. The smallest absolute Gasteiger partial charge is 0.326 e. The van der Waals surface area contributed by atoms with Gasteiger partial charge in [-0.3, -0.25) is 29.2 Å². The van der Waals surface area contributed by atoms with Crippen molar-refractivity contribution in [3.8, 4) is 23.1 Å². The maximum absolute atomic E-state index is 14.6. The van der Waals surface area contributed by atoms with E-state index in [1.54, 1.807) is 26.0 Å². The Hall–Kier alpha value is -5.44. The van der Waals surface area contributed by atoms with Gasteiger partial charge in [0.1, 0.15) is 12.1 Å². The van der Waals surface area contributed by atoms with E-state index in [1.807, 2.05) is 39.3 Å². The number of aliphatic imine (C=N–C) groups is 1. The number of nitrogens with one attached hydrogen (secondary N) is 2.